The van der Waals surface area contributed by atoms with Gasteiger partial charge in [-0.3, -0.25) is 19.4 Å². The molecule has 1 heterocycles. The summed E-state index contributed by atoms with van der Waals surface area (Å²) in [6.07, 6.45) is 0.888. The smallest absolute Gasteiger partial charge is 0.242 e. The Morgan fingerprint density at radius 2 is 1.77 bits per heavy atom. The van der Waals surface area contributed by atoms with Gasteiger partial charge in [-0.25, -0.2) is 0 Å². The Morgan fingerprint density at radius 3 is 2.42 bits per heavy atom. The van der Waals surface area contributed by atoms with Crippen molar-refractivity contribution in [1.29, 1.82) is 0 Å². The molecule has 1 aromatic rings. The van der Waals surface area contributed by atoms with Crippen LogP contribution in [0.4, 0.5) is 0 Å². The van der Waals surface area contributed by atoms with Crippen LogP contribution in [0.25, 0.3) is 0 Å². The lowest BCUT2D eigenvalue weighted by atomic mass is 10.1. The van der Waals surface area contributed by atoms with E-state index in [-0.39, 0.29) is 11.8 Å². The van der Waals surface area contributed by atoms with E-state index in [2.05, 4.69) is 51.6 Å². The molecule has 1 fully saturated rings. The second kappa shape index (κ2) is 10.3. The van der Waals surface area contributed by atoms with Gasteiger partial charge in [-0.05, 0) is 31.4 Å². The van der Waals surface area contributed by atoms with Crippen LogP contribution in [0.2, 0.25) is 0 Å². The van der Waals surface area contributed by atoms with Gasteiger partial charge in [0.15, 0.2) is 0 Å². The van der Waals surface area contributed by atoms with Gasteiger partial charge in [-0.1, -0.05) is 31.2 Å². The first-order valence-corrected chi connectivity index (χ1v) is 9.56. The summed E-state index contributed by atoms with van der Waals surface area (Å²) in [5.74, 6) is -0.209. The maximum atomic E-state index is 12.2. The topological polar surface area (TPSA) is 64.7 Å². The van der Waals surface area contributed by atoms with Gasteiger partial charge in [0.25, 0.3) is 0 Å². The number of nitrogens with zero attached hydrogens (tertiary/aromatic N) is 2. The fraction of sp³-hybridized carbons (Fsp3) is 0.600. The lowest BCUT2D eigenvalue weighted by Gasteiger charge is -2.34. The molecule has 2 N–H and O–H groups in total. The second-order valence-electron chi connectivity index (χ2n) is 7.06. The molecule has 2 amide bonds. The van der Waals surface area contributed by atoms with Crippen molar-refractivity contribution < 1.29 is 9.59 Å². The summed E-state index contributed by atoms with van der Waals surface area (Å²) in [6, 6.07) is 7.99. The van der Waals surface area contributed by atoms with E-state index in [1.165, 1.54) is 11.1 Å². The summed E-state index contributed by atoms with van der Waals surface area (Å²) >= 11 is 0. The zero-order chi connectivity index (χ0) is 18.9. The highest BCUT2D eigenvalue weighted by Crippen LogP contribution is 2.12. The first kappa shape index (κ1) is 20.4. The van der Waals surface area contributed by atoms with Gasteiger partial charge in [0.05, 0.1) is 6.54 Å². The molecule has 0 spiro atoms. The van der Waals surface area contributed by atoms with E-state index in [1.54, 1.807) is 6.92 Å². The van der Waals surface area contributed by atoms with Gasteiger partial charge in [0, 0.05) is 39.3 Å². The van der Waals surface area contributed by atoms with Crippen LogP contribution in [0.5, 0.6) is 0 Å². The summed E-state index contributed by atoms with van der Waals surface area (Å²) in [4.78, 5) is 28.6. The SMILES string of the molecule is CCCNC(=O)[C@@H](C)NC(=O)CN1CCN(Cc2ccccc2C)CC1. The fourth-order valence-corrected chi connectivity index (χ4v) is 3.09. The predicted molar refractivity (Wildman–Crippen MR) is 104 cm³/mol. The number of benzene rings is 1. The molecule has 0 aliphatic carbocycles. The van der Waals surface area contributed by atoms with Crippen molar-refractivity contribution in [3.63, 3.8) is 0 Å². The van der Waals surface area contributed by atoms with Crippen molar-refractivity contribution in [3.05, 3.63) is 35.4 Å². The molecule has 0 aromatic heterocycles. The molecule has 0 radical (unpaired) electrons. The van der Waals surface area contributed by atoms with Crippen LogP contribution in [-0.4, -0.2) is 66.9 Å². The molecule has 1 aromatic carbocycles. The number of aryl methyl sites for hydroxylation is 1. The summed E-state index contributed by atoms with van der Waals surface area (Å²) in [7, 11) is 0. The molecule has 1 aliphatic heterocycles. The Hall–Kier alpha value is -1.92. The van der Waals surface area contributed by atoms with E-state index >= 15 is 0 Å². The third-order valence-electron chi connectivity index (χ3n) is 4.81. The molecule has 1 aliphatic rings. The number of piperazine rings is 1. The van der Waals surface area contributed by atoms with Crippen molar-refractivity contribution in [2.75, 3.05) is 39.3 Å². The van der Waals surface area contributed by atoms with Gasteiger partial charge in [0.2, 0.25) is 11.8 Å². The minimum absolute atomic E-state index is 0.0866. The highest BCUT2D eigenvalue weighted by Gasteiger charge is 2.21. The Kier molecular flexibility index (Phi) is 8.06. The number of rotatable bonds is 8. The summed E-state index contributed by atoms with van der Waals surface area (Å²) in [5.41, 5.74) is 2.69. The molecule has 0 bridgehead atoms. The number of carbonyl (C=O) groups is 2. The largest absolute Gasteiger partial charge is 0.354 e. The Balaban J connectivity index is 1.70. The first-order chi connectivity index (χ1) is 12.5. The van der Waals surface area contributed by atoms with Crippen molar-refractivity contribution in [1.82, 2.24) is 20.4 Å². The molecule has 0 saturated carbocycles. The van der Waals surface area contributed by atoms with Gasteiger partial charge >= 0.3 is 0 Å². The molecule has 1 atom stereocenters. The van der Waals surface area contributed by atoms with Crippen LogP contribution in [0.15, 0.2) is 24.3 Å². The second-order valence-corrected chi connectivity index (χ2v) is 7.06. The zero-order valence-electron chi connectivity index (χ0n) is 16.3. The quantitative estimate of drug-likeness (QED) is 0.730. The minimum Gasteiger partial charge on any atom is -0.354 e. The minimum atomic E-state index is -0.489. The molecule has 6 heteroatoms. The van der Waals surface area contributed by atoms with Crippen molar-refractivity contribution >= 4 is 11.8 Å². The lowest BCUT2D eigenvalue weighted by Crippen LogP contribution is -2.52. The Labute approximate surface area is 156 Å². The average molecular weight is 361 g/mol. The zero-order valence-corrected chi connectivity index (χ0v) is 16.3. The molecule has 6 nitrogen and oxygen atoms in total. The van der Waals surface area contributed by atoms with E-state index in [0.717, 1.165) is 39.1 Å². The monoisotopic (exact) mass is 360 g/mol. The van der Waals surface area contributed by atoms with E-state index in [4.69, 9.17) is 0 Å². The maximum absolute atomic E-state index is 12.2. The van der Waals surface area contributed by atoms with Gasteiger partial charge in [0.1, 0.15) is 6.04 Å². The number of carbonyl (C=O) groups excluding carboxylic acids is 2. The molecule has 1 saturated heterocycles. The fourth-order valence-electron chi connectivity index (χ4n) is 3.09. The van der Waals surface area contributed by atoms with E-state index in [9.17, 15) is 9.59 Å². The molecule has 0 unspecified atom stereocenters. The first-order valence-electron chi connectivity index (χ1n) is 9.56. The highest BCUT2D eigenvalue weighted by molar-refractivity contribution is 5.87. The number of hydrogen-bond donors (Lipinski definition) is 2. The number of nitrogens with one attached hydrogen (secondary N) is 2. The average Bonchev–Trinajstić information content (AvgIpc) is 2.63. The lowest BCUT2D eigenvalue weighted by molar-refractivity contribution is -0.129. The van der Waals surface area contributed by atoms with Crippen molar-refractivity contribution in [2.45, 2.75) is 39.8 Å². The van der Waals surface area contributed by atoms with E-state index in [0.29, 0.717) is 13.1 Å². The maximum Gasteiger partial charge on any atom is 0.242 e. The summed E-state index contributed by atoms with van der Waals surface area (Å²) in [6.45, 7) is 11.5. The summed E-state index contributed by atoms with van der Waals surface area (Å²) < 4.78 is 0. The van der Waals surface area contributed by atoms with Crippen LogP contribution in [-0.2, 0) is 16.1 Å². The molecule has 26 heavy (non-hydrogen) atoms. The van der Waals surface area contributed by atoms with Gasteiger partial charge < -0.3 is 10.6 Å². The standard InChI is InChI=1S/C20H32N4O2/c1-4-9-21-20(26)17(3)22-19(25)15-24-12-10-23(11-13-24)14-18-8-6-5-7-16(18)2/h5-8,17H,4,9-15H2,1-3H3,(H,21,26)(H,22,25)/t17-/m1/s1. The molecular formula is C20H32N4O2. The van der Waals surface area contributed by atoms with Crippen LogP contribution < -0.4 is 10.6 Å². The van der Waals surface area contributed by atoms with Crippen LogP contribution in [0.3, 0.4) is 0 Å². The molecule has 2 rings (SSSR count). The van der Waals surface area contributed by atoms with Gasteiger partial charge in [-0.15, -0.1) is 0 Å². The summed E-state index contributed by atoms with van der Waals surface area (Å²) in [5, 5.41) is 5.59. The van der Waals surface area contributed by atoms with Crippen molar-refractivity contribution in [2.24, 2.45) is 0 Å². The van der Waals surface area contributed by atoms with E-state index < -0.39 is 6.04 Å². The normalized spacial score (nSPS) is 16.9. The van der Waals surface area contributed by atoms with Crippen LogP contribution in [0, 0.1) is 6.92 Å². The third-order valence-corrected chi connectivity index (χ3v) is 4.81. The number of amides is 2. The predicted octanol–water partition coefficient (Wildman–Crippen LogP) is 1.14. The van der Waals surface area contributed by atoms with Crippen molar-refractivity contribution in [3.8, 4) is 0 Å². The van der Waals surface area contributed by atoms with Gasteiger partial charge in [-0.2, -0.15) is 0 Å². The van der Waals surface area contributed by atoms with Crippen LogP contribution in [0.1, 0.15) is 31.4 Å². The molecule has 144 valence electrons. The highest BCUT2D eigenvalue weighted by atomic mass is 16.2. The Bertz CT molecular complexity index is 597. The van der Waals surface area contributed by atoms with Crippen LogP contribution >= 0.6 is 0 Å². The Morgan fingerprint density at radius 1 is 1.12 bits per heavy atom. The molecular weight excluding hydrogens is 328 g/mol. The van der Waals surface area contributed by atoms with E-state index in [1.807, 2.05) is 6.92 Å². The third kappa shape index (κ3) is 6.42. The number of hydrogen-bond acceptors (Lipinski definition) is 4.